The van der Waals surface area contributed by atoms with E-state index in [-0.39, 0.29) is 6.61 Å². The molecule has 0 unspecified atom stereocenters. The van der Waals surface area contributed by atoms with Crippen molar-refractivity contribution in [1.29, 1.82) is 0 Å². The number of aliphatic hydroxyl groups is 2. The minimum absolute atomic E-state index is 0.179. The average molecular weight is 307 g/mol. The van der Waals surface area contributed by atoms with Gasteiger partial charge in [0.05, 0.1) is 12.7 Å². The highest BCUT2D eigenvalue weighted by Gasteiger charge is 2.27. The number of benzene rings is 1. The van der Waals surface area contributed by atoms with Crippen LogP contribution in [0.2, 0.25) is 10.0 Å². The van der Waals surface area contributed by atoms with Crippen molar-refractivity contribution in [2.75, 3.05) is 6.61 Å². The number of halogens is 2. The van der Waals surface area contributed by atoms with E-state index in [0.717, 1.165) is 5.56 Å². The van der Waals surface area contributed by atoms with Crippen molar-refractivity contribution in [1.82, 2.24) is 0 Å². The molecular formula is C14H20Cl2O3. The van der Waals surface area contributed by atoms with Gasteiger partial charge in [-0.25, -0.2) is 0 Å². The van der Waals surface area contributed by atoms with Crippen LogP contribution < -0.4 is 0 Å². The lowest BCUT2D eigenvalue weighted by Crippen LogP contribution is -2.38. The Morgan fingerprint density at radius 2 is 1.89 bits per heavy atom. The molecule has 19 heavy (non-hydrogen) atoms. The third-order valence-electron chi connectivity index (χ3n) is 3.16. The van der Waals surface area contributed by atoms with Crippen molar-refractivity contribution in [3.8, 4) is 0 Å². The minimum atomic E-state index is -1.20. The molecule has 108 valence electrons. The van der Waals surface area contributed by atoms with Crippen LogP contribution in [0.4, 0.5) is 0 Å². The van der Waals surface area contributed by atoms with Crippen LogP contribution in [-0.2, 0) is 11.2 Å². The number of aliphatic hydroxyl groups excluding tert-OH is 1. The Morgan fingerprint density at radius 1 is 1.26 bits per heavy atom. The van der Waals surface area contributed by atoms with Crippen LogP contribution in [0.5, 0.6) is 0 Å². The van der Waals surface area contributed by atoms with Gasteiger partial charge >= 0.3 is 0 Å². The van der Waals surface area contributed by atoms with E-state index in [2.05, 4.69) is 0 Å². The molecule has 0 spiro atoms. The summed E-state index contributed by atoms with van der Waals surface area (Å²) in [4.78, 5) is 0. The zero-order valence-corrected chi connectivity index (χ0v) is 12.7. The second-order valence-electron chi connectivity index (χ2n) is 4.52. The molecule has 0 bridgehead atoms. The first kappa shape index (κ1) is 16.7. The minimum Gasteiger partial charge on any atom is -0.394 e. The second-order valence-corrected chi connectivity index (χ2v) is 5.36. The predicted octanol–water partition coefficient (Wildman–Crippen LogP) is 3.42. The normalized spacial score (nSPS) is 13.6. The topological polar surface area (TPSA) is 49.7 Å². The van der Waals surface area contributed by atoms with E-state index in [4.69, 9.17) is 27.9 Å². The Labute approximate surface area is 124 Å². The number of rotatable bonds is 7. The fourth-order valence-electron chi connectivity index (χ4n) is 1.80. The van der Waals surface area contributed by atoms with Crippen LogP contribution in [0, 0.1) is 0 Å². The summed E-state index contributed by atoms with van der Waals surface area (Å²) in [6.45, 7) is 3.50. The van der Waals surface area contributed by atoms with E-state index < -0.39 is 11.9 Å². The van der Waals surface area contributed by atoms with Gasteiger partial charge in [-0.1, -0.05) is 43.1 Å². The molecule has 1 atom stereocenters. The van der Waals surface area contributed by atoms with Gasteiger partial charge in [-0.15, -0.1) is 0 Å². The van der Waals surface area contributed by atoms with Crippen molar-refractivity contribution in [2.45, 2.75) is 45.0 Å². The summed E-state index contributed by atoms with van der Waals surface area (Å²) in [6.07, 6.45) is 0.862. The predicted molar refractivity (Wildman–Crippen MR) is 77.7 cm³/mol. The van der Waals surface area contributed by atoms with Gasteiger partial charge in [0.25, 0.3) is 0 Å². The number of hydrogen-bond donors (Lipinski definition) is 2. The Balaban J connectivity index is 2.76. The lowest BCUT2D eigenvalue weighted by Gasteiger charge is -2.30. The molecule has 0 radical (unpaired) electrons. The van der Waals surface area contributed by atoms with Gasteiger partial charge in [0, 0.05) is 16.5 Å². The first-order valence-corrected chi connectivity index (χ1v) is 7.14. The molecule has 1 rings (SSSR count). The van der Waals surface area contributed by atoms with E-state index >= 15 is 0 Å². The monoisotopic (exact) mass is 306 g/mol. The van der Waals surface area contributed by atoms with Gasteiger partial charge < -0.3 is 14.9 Å². The summed E-state index contributed by atoms with van der Waals surface area (Å²) in [5.74, 6) is -1.20. The van der Waals surface area contributed by atoms with Gasteiger partial charge in [-0.3, -0.25) is 0 Å². The largest absolute Gasteiger partial charge is 0.394 e. The van der Waals surface area contributed by atoms with Crippen molar-refractivity contribution in [2.24, 2.45) is 0 Å². The Bertz CT molecular complexity index is 406. The standard InChI is InChI=1S/C14H20Cl2O3/c1-3-14(18,4-2)19-12(9-17)7-10-5-6-11(15)8-13(10)16/h5-6,8,12,17-18H,3-4,7,9H2,1-2H3/t12-/m1/s1. The summed E-state index contributed by atoms with van der Waals surface area (Å²) in [7, 11) is 0. The summed E-state index contributed by atoms with van der Waals surface area (Å²) in [5, 5.41) is 20.6. The van der Waals surface area contributed by atoms with E-state index in [9.17, 15) is 10.2 Å². The fraction of sp³-hybridized carbons (Fsp3) is 0.571. The highest BCUT2D eigenvalue weighted by Crippen LogP contribution is 2.25. The molecule has 2 N–H and O–H groups in total. The number of hydrogen-bond acceptors (Lipinski definition) is 3. The maximum absolute atomic E-state index is 10.1. The Morgan fingerprint density at radius 3 is 2.37 bits per heavy atom. The maximum Gasteiger partial charge on any atom is 0.165 e. The van der Waals surface area contributed by atoms with E-state index in [0.29, 0.717) is 29.3 Å². The second kappa shape index (κ2) is 7.46. The molecule has 0 saturated carbocycles. The zero-order valence-electron chi connectivity index (χ0n) is 11.2. The Hall–Kier alpha value is -0.320. The first-order chi connectivity index (χ1) is 8.94. The maximum atomic E-state index is 10.1. The zero-order chi connectivity index (χ0) is 14.5. The quantitative estimate of drug-likeness (QED) is 0.759. The highest BCUT2D eigenvalue weighted by molar-refractivity contribution is 6.35. The van der Waals surface area contributed by atoms with Crippen LogP contribution in [-0.4, -0.2) is 28.7 Å². The molecule has 0 aliphatic heterocycles. The van der Waals surface area contributed by atoms with Crippen LogP contribution in [0.25, 0.3) is 0 Å². The third-order valence-corrected chi connectivity index (χ3v) is 3.74. The molecule has 0 amide bonds. The molecule has 0 fully saturated rings. The van der Waals surface area contributed by atoms with Crippen LogP contribution >= 0.6 is 23.2 Å². The molecule has 0 heterocycles. The molecular weight excluding hydrogens is 287 g/mol. The van der Waals surface area contributed by atoms with Gasteiger partial charge in [0.1, 0.15) is 0 Å². The summed E-state index contributed by atoms with van der Waals surface area (Å²) in [5.41, 5.74) is 0.833. The molecule has 3 nitrogen and oxygen atoms in total. The molecule has 0 saturated heterocycles. The molecule has 1 aromatic rings. The molecule has 0 aromatic heterocycles. The van der Waals surface area contributed by atoms with Crippen LogP contribution in [0.15, 0.2) is 18.2 Å². The van der Waals surface area contributed by atoms with E-state index in [1.54, 1.807) is 18.2 Å². The smallest absolute Gasteiger partial charge is 0.165 e. The van der Waals surface area contributed by atoms with Crippen molar-refractivity contribution in [3.05, 3.63) is 33.8 Å². The van der Waals surface area contributed by atoms with Crippen molar-refractivity contribution in [3.63, 3.8) is 0 Å². The van der Waals surface area contributed by atoms with Gasteiger partial charge in [0.15, 0.2) is 5.79 Å². The van der Waals surface area contributed by atoms with Gasteiger partial charge in [-0.2, -0.15) is 0 Å². The highest BCUT2D eigenvalue weighted by atomic mass is 35.5. The Kier molecular flexibility index (Phi) is 6.57. The van der Waals surface area contributed by atoms with E-state index in [1.807, 2.05) is 13.8 Å². The molecule has 5 heteroatoms. The lowest BCUT2D eigenvalue weighted by molar-refractivity contribution is -0.238. The SMILES string of the molecule is CCC(O)(CC)O[C@@H](CO)Cc1ccc(Cl)cc1Cl. The number of ether oxygens (including phenoxy) is 1. The molecule has 0 aliphatic carbocycles. The van der Waals surface area contributed by atoms with Crippen LogP contribution in [0.3, 0.4) is 0 Å². The fourth-order valence-corrected chi connectivity index (χ4v) is 2.29. The van der Waals surface area contributed by atoms with E-state index in [1.165, 1.54) is 0 Å². The summed E-state index contributed by atoms with van der Waals surface area (Å²) >= 11 is 11.9. The average Bonchev–Trinajstić information content (AvgIpc) is 2.40. The summed E-state index contributed by atoms with van der Waals surface area (Å²) < 4.78 is 5.59. The van der Waals surface area contributed by atoms with Crippen molar-refractivity contribution >= 4 is 23.2 Å². The molecule has 0 aliphatic rings. The molecule has 1 aromatic carbocycles. The van der Waals surface area contributed by atoms with Gasteiger partial charge in [-0.05, 0) is 30.5 Å². The first-order valence-electron chi connectivity index (χ1n) is 6.39. The summed E-state index contributed by atoms with van der Waals surface area (Å²) in [6, 6.07) is 5.19. The van der Waals surface area contributed by atoms with Gasteiger partial charge in [0.2, 0.25) is 0 Å². The third kappa shape index (κ3) is 4.93. The van der Waals surface area contributed by atoms with Crippen LogP contribution in [0.1, 0.15) is 32.3 Å². The van der Waals surface area contributed by atoms with Crippen molar-refractivity contribution < 1.29 is 14.9 Å². The lowest BCUT2D eigenvalue weighted by atomic mass is 10.1.